The van der Waals surface area contributed by atoms with Crippen molar-refractivity contribution in [3.05, 3.63) is 23.2 Å². The SMILES string of the molecule is CCC(C)n1nnnc1-c1ccc(Cl)c(N)c1. The van der Waals surface area contributed by atoms with Crippen molar-refractivity contribution in [2.75, 3.05) is 5.73 Å². The van der Waals surface area contributed by atoms with E-state index < -0.39 is 0 Å². The summed E-state index contributed by atoms with van der Waals surface area (Å²) in [5, 5.41) is 12.3. The van der Waals surface area contributed by atoms with Gasteiger partial charge in [-0.15, -0.1) is 5.10 Å². The first-order valence-corrected chi connectivity index (χ1v) is 5.84. The standard InChI is InChI=1S/C11H14ClN5/c1-3-7(2)17-11(14-15-16-17)8-4-5-9(12)10(13)6-8/h4-7H,3,13H2,1-2H3. The van der Waals surface area contributed by atoms with Crippen LogP contribution < -0.4 is 5.73 Å². The highest BCUT2D eigenvalue weighted by molar-refractivity contribution is 6.33. The third-order valence-electron chi connectivity index (χ3n) is 2.76. The molecule has 1 unspecified atom stereocenters. The summed E-state index contributed by atoms with van der Waals surface area (Å²) in [5.41, 5.74) is 7.18. The highest BCUT2D eigenvalue weighted by Gasteiger charge is 2.13. The zero-order chi connectivity index (χ0) is 12.4. The third kappa shape index (κ3) is 2.24. The van der Waals surface area contributed by atoms with E-state index in [-0.39, 0.29) is 6.04 Å². The number of hydrogen-bond donors (Lipinski definition) is 1. The molecule has 0 aliphatic heterocycles. The second kappa shape index (κ2) is 4.71. The minimum Gasteiger partial charge on any atom is -0.398 e. The highest BCUT2D eigenvalue weighted by atomic mass is 35.5. The van der Waals surface area contributed by atoms with Crippen LogP contribution in [0.25, 0.3) is 11.4 Å². The molecule has 0 saturated carbocycles. The first-order valence-electron chi connectivity index (χ1n) is 5.46. The minimum atomic E-state index is 0.247. The fourth-order valence-electron chi connectivity index (χ4n) is 1.54. The predicted molar refractivity (Wildman–Crippen MR) is 67.7 cm³/mol. The van der Waals surface area contributed by atoms with E-state index in [0.717, 1.165) is 12.0 Å². The van der Waals surface area contributed by atoms with Crippen molar-refractivity contribution in [2.24, 2.45) is 0 Å². The maximum absolute atomic E-state index is 5.89. The summed E-state index contributed by atoms with van der Waals surface area (Å²) in [7, 11) is 0. The Labute approximate surface area is 105 Å². The van der Waals surface area contributed by atoms with Crippen molar-refractivity contribution in [2.45, 2.75) is 26.3 Å². The van der Waals surface area contributed by atoms with Gasteiger partial charge in [0.25, 0.3) is 0 Å². The Morgan fingerprint density at radius 2 is 2.24 bits per heavy atom. The molecule has 0 aliphatic rings. The van der Waals surface area contributed by atoms with Crippen LogP contribution in [0.3, 0.4) is 0 Å². The molecule has 0 radical (unpaired) electrons. The van der Waals surface area contributed by atoms with E-state index in [2.05, 4.69) is 29.4 Å². The van der Waals surface area contributed by atoms with E-state index in [9.17, 15) is 0 Å². The maximum atomic E-state index is 5.89. The van der Waals surface area contributed by atoms with Gasteiger partial charge in [-0.2, -0.15) is 0 Å². The first kappa shape index (κ1) is 11.9. The number of nitrogens with zero attached hydrogens (tertiary/aromatic N) is 4. The number of rotatable bonds is 3. The van der Waals surface area contributed by atoms with Crippen molar-refractivity contribution in [1.82, 2.24) is 20.2 Å². The number of nitrogens with two attached hydrogens (primary N) is 1. The van der Waals surface area contributed by atoms with Crippen LogP contribution in [0.1, 0.15) is 26.3 Å². The van der Waals surface area contributed by atoms with Crippen LogP contribution in [0, 0.1) is 0 Å². The molecule has 90 valence electrons. The molecule has 1 heterocycles. The van der Waals surface area contributed by atoms with Crippen LogP contribution in [-0.4, -0.2) is 20.2 Å². The number of anilines is 1. The monoisotopic (exact) mass is 251 g/mol. The van der Waals surface area contributed by atoms with Gasteiger partial charge >= 0.3 is 0 Å². The quantitative estimate of drug-likeness (QED) is 0.851. The van der Waals surface area contributed by atoms with Gasteiger partial charge in [0.2, 0.25) is 0 Å². The van der Waals surface area contributed by atoms with Crippen LogP contribution in [0.5, 0.6) is 0 Å². The van der Waals surface area contributed by atoms with Crippen LogP contribution in [0.4, 0.5) is 5.69 Å². The molecular formula is C11H14ClN5. The average Bonchev–Trinajstić information content (AvgIpc) is 2.80. The summed E-state index contributed by atoms with van der Waals surface area (Å²) in [6, 6.07) is 5.65. The highest BCUT2D eigenvalue weighted by Crippen LogP contribution is 2.26. The molecule has 5 nitrogen and oxygen atoms in total. The number of halogens is 1. The lowest BCUT2D eigenvalue weighted by atomic mass is 10.1. The third-order valence-corrected chi connectivity index (χ3v) is 3.10. The zero-order valence-electron chi connectivity index (χ0n) is 9.76. The fourth-order valence-corrected chi connectivity index (χ4v) is 1.65. The summed E-state index contributed by atoms with van der Waals surface area (Å²) in [4.78, 5) is 0. The molecule has 0 amide bonds. The van der Waals surface area contributed by atoms with Gasteiger partial charge < -0.3 is 5.73 Å². The van der Waals surface area contributed by atoms with Crippen LogP contribution in [0.15, 0.2) is 18.2 Å². The van der Waals surface area contributed by atoms with Crippen LogP contribution >= 0.6 is 11.6 Å². The fraction of sp³-hybridized carbons (Fsp3) is 0.364. The first-order chi connectivity index (χ1) is 8.13. The number of aromatic nitrogens is 4. The van der Waals surface area contributed by atoms with Crippen molar-refractivity contribution >= 4 is 17.3 Å². The Hall–Kier alpha value is -1.62. The second-order valence-electron chi connectivity index (χ2n) is 3.94. The number of nitrogen functional groups attached to an aromatic ring is 1. The number of tetrazole rings is 1. The van der Waals surface area contributed by atoms with Gasteiger partial charge in [-0.3, -0.25) is 0 Å². The summed E-state index contributed by atoms with van der Waals surface area (Å²) >= 11 is 5.89. The molecule has 2 rings (SSSR count). The zero-order valence-corrected chi connectivity index (χ0v) is 10.5. The second-order valence-corrected chi connectivity index (χ2v) is 4.35. The molecule has 0 bridgehead atoms. The smallest absolute Gasteiger partial charge is 0.182 e. The summed E-state index contributed by atoms with van der Waals surface area (Å²) in [6.07, 6.45) is 0.959. The van der Waals surface area contributed by atoms with E-state index in [0.29, 0.717) is 16.5 Å². The summed E-state index contributed by atoms with van der Waals surface area (Å²) < 4.78 is 1.79. The van der Waals surface area contributed by atoms with Crippen molar-refractivity contribution in [3.63, 3.8) is 0 Å². The molecule has 0 aliphatic carbocycles. The molecule has 0 spiro atoms. The van der Waals surface area contributed by atoms with Crippen LogP contribution in [0.2, 0.25) is 5.02 Å². The molecule has 2 aromatic rings. The van der Waals surface area contributed by atoms with Gasteiger partial charge in [0, 0.05) is 5.56 Å². The van der Waals surface area contributed by atoms with E-state index in [1.165, 1.54) is 0 Å². The molecule has 1 atom stereocenters. The Kier molecular flexibility index (Phi) is 3.28. The molecule has 2 N–H and O–H groups in total. The lowest BCUT2D eigenvalue weighted by Crippen LogP contribution is -2.08. The molecule has 6 heteroatoms. The van der Waals surface area contributed by atoms with Crippen molar-refractivity contribution < 1.29 is 0 Å². The number of hydrogen-bond acceptors (Lipinski definition) is 4. The maximum Gasteiger partial charge on any atom is 0.182 e. The largest absolute Gasteiger partial charge is 0.398 e. The van der Waals surface area contributed by atoms with Gasteiger partial charge in [-0.25, -0.2) is 4.68 Å². The summed E-state index contributed by atoms with van der Waals surface area (Å²) in [6.45, 7) is 4.16. The van der Waals surface area contributed by atoms with E-state index in [4.69, 9.17) is 17.3 Å². The topological polar surface area (TPSA) is 69.6 Å². The van der Waals surface area contributed by atoms with Gasteiger partial charge in [-0.1, -0.05) is 18.5 Å². The predicted octanol–water partition coefficient (Wildman–Crippen LogP) is 2.55. The number of benzene rings is 1. The lowest BCUT2D eigenvalue weighted by Gasteiger charge is -2.11. The molecule has 1 aromatic heterocycles. The Morgan fingerprint density at radius 3 is 2.88 bits per heavy atom. The average molecular weight is 252 g/mol. The van der Waals surface area contributed by atoms with E-state index in [1.54, 1.807) is 16.8 Å². The van der Waals surface area contributed by atoms with Crippen LogP contribution in [-0.2, 0) is 0 Å². The van der Waals surface area contributed by atoms with Crippen molar-refractivity contribution in [3.8, 4) is 11.4 Å². The summed E-state index contributed by atoms with van der Waals surface area (Å²) in [5.74, 6) is 0.711. The molecule has 17 heavy (non-hydrogen) atoms. The lowest BCUT2D eigenvalue weighted by molar-refractivity contribution is 0.469. The van der Waals surface area contributed by atoms with Gasteiger partial charge in [-0.05, 0) is 42.0 Å². The van der Waals surface area contributed by atoms with Gasteiger partial charge in [0.1, 0.15) is 0 Å². The van der Waals surface area contributed by atoms with E-state index >= 15 is 0 Å². The minimum absolute atomic E-state index is 0.247. The van der Waals surface area contributed by atoms with E-state index in [1.807, 2.05) is 6.07 Å². The van der Waals surface area contributed by atoms with Gasteiger partial charge in [0.15, 0.2) is 5.82 Å². The van der Waals surface area contributed by atoms with Gasteiger partial charge in [0.05, 0.1) is 16.8 Å². The molecule has 0 fully saturated rings. The van der Waals surface area contributed by atoms with Crippen molar-refractivity contribution in [1.29, 1.82) is 0 Å². The molecule has 0 saturated heterocycles. The Bertz CT molecular complexity index is 522. The Balaban J connectivity index is 2.46. The Morgan fingerprint density at radius 1 is 1.47 bits per heavy atom. The molecular weight excluding hydrogens is 238 g/mol. The molecule has 1 aromatic carbocycles. The normalized spacial score (nSPS) is 12.6.